The van der Waals surface area contributed by atoms with Crippen LogP contribution in [0.5, 0.6) is 0 Å². The zero-order valence-electron chi connectivity index (χ0n) is 19.9. The van der Waals surface area contributed by atoms with Gasteiger partial charge in [0.15, 0.2) is 5.82 Å². The number of furan rings is 1. The molecule has 0 saturated heterocycles. The van der Waals surface area contributed by atoms with Crippen LogP contribution >= 0.6 is 0 Å². The molecule has 0 aliphatic rings. The van der Waals surface area contributed by atoms with E-state index >= 15 is 0 Å². The molecule has 0 amide bonds. The van der Waals surface area contributed by atoms with E-state index in [1.165, 1.54) is 11.1 Å². The van der Waals surface area contributed by atoms with Crippen molar-refractivity contribution in [3.8, 4) is 0 Å². The summed E-state index contributed by atoms with van der Waals surface area (Å²) in [5, 5.41) is 13.3. The Morgan fingerprint density at radius 1 is 1.03 bits per heavy atom. The second-order valence-electron chi connectivity index (χ2n) is 8.95. The topological polar surface area (TPSA) is 92.8 Å². The first-order valence-corrected chi connectivity index (χ1v) is 11.7. The monoisotopic (exact) mass is 468 g/mol. The van der Waals surface area contributed by atoms with Gasteiger partial charge in [-0.2, -0.15) is 0 Å². The lowest BCUT2D eigenvalue weighted by atomic mass is 10.0. The van der Waals surface area contributed by atoms with Gasteiger partial charge in [-0.25, -0.2) is 4.68 Å². The molecule has 8 heteroatoms. The van der Waals surface area contributed by atoms with Crippen LogP contribution in [0.15, 0.2) is 76.1 Å². The number of nitrogens with zero attached hydrogens (tertiary/aromatic N) is 5. The quantitative estimate of drug-likeness (QED) is 0.351. The van der Waals surface area contributed by atoms with Crippen LogP contribution in [0.4, 0.5) is 0 Å². The third-order valence-electron chi connectivity index (χ3n) is 6.18. The largest absolute Gasteiger partial charge is 0.467 e. The van der Waals surface area contributed by atoms with Crippen LogP contribution < -0.4 is 5.56 Å². The molecular weight excluding hydrogens is 440 g/mol. The molecule has 0 saturated carbocycles. The van der Waals surface area contributed by atoms with Crippen molar-refractivity contribution >= 4 is 10.9 Å². The fourth-order valence-corrected chi connectivity index (χ4v) is 4.45. The highest BCUT2D eigenvalue weighted by Crippen LogP contribution is 2.19. The summed E-state index contributed by atoms with van der Waals surface area (Å²) in [6.07, 6.45) is 2.49. The molecule has 3 aromatic heterocycles. The lowest BCUT2D eigenvalue weighted by Gasteiger charge is -2.22. The van der Waals surface area contributed by atoms with Crippen molar-refractivity contribution in [3.05, 3.63) is 111 Å². The molecule has 2 aromatic carbocycles. The number of aromatic nitrogens is 5. The van der Waals surface area contributed by atoms with Gasteiger partial charge in [-0.3, -0.25) is 9.69 Å². The molecule has 8 nitrogen and oxygen atoms in total. The number of aryl methyl sites for hydroxylation is 2. The molecule has 0 atom stereocenters. The Labute approximate surface area is 203 Å². The van der Waals surface area contributed by atoms with Crippen molar-refractivity contribution in [2.45, 2.75) is 39.9 Å². The molecule has 1 N–H and O–H groups in total. The maximum absolute atomic E-state index is 13.0. The van der Waals surface area contributed by atoms with E-state index in [2.05, 4.69) is 56.6 Å². The highest BCUT2D eigenvalue weighted by atomic mass is 16.3. The van der Waals surface area contributed by atoms with E-state index in [1.54, 1.807) is 10.9 Å². The molecule has 35 heavy (non-hydrogen) atoms. The van der Waals surface area contributed by atoms with E-state index in [1.807, 2.05) is 43.3 Å². The fraction of sp³-hybridized carbons (Fsp3) is 0.259. The van der Waals surface area contributed by atoms with Crippen LogP contribution in [0, 0.1) is 13.8 Å². The summed E-state index contributed by atoms with van der Waals surface area (Å²) < 4.78 is 7.21. The Morgan fingerprint density at radius 3 is 2.69 bits per heavy atom. The summed E-state index contributed by atoms with van der Waals surface area (Å²) in [5.41, 5.74) is 5.03. The average Bonchev–Trinajstić information content (AvgIpc) is 3.52. The zero-order valence-corrected chi connectivity index (χ0v) is 19.9. The summed E-state index contributed by atoms with van der Waals surface area (Å²) in [6.45, 7) is 6.29. The van der Waals surface area contributed by atoms with Crippen LogP contribution in [0.1, 0.15) is 33.8 Å². The fourth-order valence-electron chi connectivity index (χ4n) is 4.45. The van der Waals surface area contributed by atoms with E-state index in [9.17, 15) is 4.79 Å². The predicted octanol–water partition coefficient (Wildman–Crippen LogP) is 4.02. The molecule has 0 unspecified atom stereocenters. The van der Waals surface area contributed by atoms with Crippen LogP contribution in [-0.2, 0) is 26.1 Å². The molecule has 0 spiro atoms. The number of hydrogen-bond acceptors (Lipinski definition) is 6. The van der Waals surface area contributed by atoms with E-state index in [0.29, 0.717) is 19.6 Å². The van der Waals surface area contributed by atoms with Gasteiger partial charge in [-0.1, -0.05) is 42.0 Å². The number of aromatic amines is 1. The summed E-state index contributed by atoms with van der Waals surface area (Å²) in [7, 11) is 0. The van der Waals surface area contributed by atoms with Crippen molar-refractivity contribution in [1.82, 2.24) is 30.1 Å². The summed E-state index contributed by atoms with van der Waals surface area (Å²) >= 11 is 0. The van der Waals surface area contributed by atoms with Gasteiger partial charge in [0, 0.05) is 18.7 Å². The van der Waals surface area contributed by atoms with E-state index in [4.69, 9.17) is 4.42 Å². The Balaban J connectivity index is 1.42. The van der Waals surface area contributed by atoms with Crippen LogP contribution in [0.25, 0.3) is 10.9 Å². The van der Waals surface area contributed by atoms with Crippen LogP contribution in [-0.4, -0.2) is 36.6 Å². The van der Waals surface area contributed by atoms with Gasteiger partial charge < -0.3 is 9.40 Å². The number of pyridine rings is 1. The molecule has 5 aromatic rings. The minimum absolute atomic E-state index is 0.0654. The smallest absolute Gasteiger partial charge is 0.252 e. The second-order valence-corrected chi connectivity index (χ2v) is 8.95. The normalized spacial score (nSPS) is 11.5. The van der Waals surface area contributed by atoms with Gasteiger partial charge in [-0.15, -0.1) is 5.10 Å². The molecule has 3 heterocycles. The van der Waals surface area contributed by atoms with Crippen molar-refractivity contribution in [2.75, 3.05) is 6.54 Å². The number of nitrogens with one attached hydrogen (secondary N) is 1. The SMILES string of the molecule is Cc1cc(C)c2[nH]c(=O)c(CN(CCc3ccccc3)Cc3nnnn3Cc3ccco3)cc2c1. The third-order valence-corrected chi connectivity index (χ3v) is 6.18. The van der Waals surface area contributed by atoms with Crippen molar-refractivity contribution in [1.29, 1.82) is 0 Å². The number of fused-ring (bicyclic) bond motifs is 1. The molecule has 0 aliphatic carbocycles. The van der Waals surface area contributed by atoms with Gasteiger partial charge >= 0.3 is 0 Å². The first kappa shape index (κ1) is 22.7. The van der Waals surface area contributed by atoms with Crippen LogP contribution in [0.3, 0.4) is 0 Å². The lowest BCUT2D eigenvalue weighted by Crippen LogP contribution is -2.30. The number of benzene rings is 2. The maximum Gasteiger partial charge on any atom is 0.252 e. The molecule has 0 fully saturated rings. The van der Waals surface area contributed by atoms with E-state index in [0.717, 1.165) is 46.6 Å². The summed E-state index contributed by atoms with van der Waals surface area (Å²) in [5.74, 6) is 1.50. The number of H-pyrrole nitrogens is 1. The first-order chi connectivity index (χ1) is 17.0. The minimum atomic E-state index is -0.0654. The van der Waals surface area contributed by atoms with E-state index in [-0.39, 0.29) is 5.56 Å². The highest BCUT2D eigenvalue weighted by molar-refractivity contribution is 5.82. The summed E-state index contributed by atoms with van der Waals surface area (Å²) in [4.78, 5) is 18.3. The maximum atomic E-state index is 13.0. The van der Waals surface area contributed by atoms with Gasteiger partial charge in [0.2, 0.25) is 0 Å². The van der Waals surface area contributed by atoms with Crippen molar-refractivity contribution in [2.24, 2.45) is 0 Å². The number of hydrogen-bond donors (Lipinski definition) is 1. The van der Waals surface area contributed by atoms with Crippen molar-refractivity contribution in [3.63, 3.8) is 0 Å². The predicted molar refractivity (Wildman–Crippen MR) is 134 cm³/mol. The minimum Gasteiger partial charge on any atom is -0.467 e. The molecule has 0 bridgehead atoms. The van der Waals surface area contributed by atoms with Gasteiger partial charge in [0.1, 0.15) is 12.3 Å². The van der Waals surface area contributed by atoms with Gasteiger partial charge in [-0.05, 0) is 71.5 Å². The third kappa shape index (κ3) is 5.38. The van der Waals surface area contributed by atoms with Crippen LogP contribution in [0.2, 0.25) is 0 Å². The molecule has 0 radical (unpaired) electrons. The standard InChI is InChI=1S/C27H28N6O2/c1-19-13-20(2)26-22(14-19)15-23(27(34)28-26)16-32(11-10-21-7-4-3-5-8-21)18-25-29-30-31-33(25)17-24-9-6-12-35-24/h3-9,12-15H,10-11,16-18H2,1-2H3,(H,28,34). The molecule has 0 aliphatic heterocycles. The number of tetrazole rings is 1. The lowest BCUT2D eigenvalue weighted by molar-refractivity contribution is 0.247. The Bertz CT molecular complexity index is 1470. The Morgan fingerprint density at radius 2 is 1.89 bits per heavy atom. The summed E-state index contributed by atoms with van der Waals surface area (Å²) in [6, 6.07) is 20.3. The number of rotatable bonds is 9. The first-order valence-electron chi connectivity index (χ1n) is 11.7. The second kappa shape index (κ2) is 10.1. The molecule has 178 valence electrons. The van der Waals surface area contributed by atoms with E-state index < -0.39 is 0 Å². The molecule has 5 rings (SSSR count). The Kier molecular flexibility index (Phi) is 6.54. The zero-order chi connectivity index (χ0) is 24.2. The average molecular weight is 469 g/mol. The van der Waals surface area contributed by atoms with Crippen molar-refractivity contribution < 1.29 is 4.42 Å². The highest BCUT2D eigenvalue weighted by Gasteiger charge is 2.16. The van der Waals surface area contributed by atoms with Gasteiger partial charge in [0.05, 0.1) is 18.3 Å². The van der Waals surface area contributed by atoms with Gasteiger partial charge in [0.25, 0.3) is 5.56 Å². The molecular formula is C27H28N6O2. The Hall–Kier alpha value is -4.04.